The Labute approximate surface area is 197 Å². The second-order valence-electron chi connectivity index (χ2n) is 9.77. The van der Waals surface area contributed by atoms with E-state index in [0.717, 1.165) is 31.6 Å². The van der Waals surface area contributed by atoms with Crippen LogP contribution in [0.3, 0.4) is 0 Å². The molecule has 2 fully saturated rings. The van der Waals surface area contributed by atoms with Gasteiger partial charge in [0.05, 0.1) is 12.6 Å². The van der Waals surface area contributed by atoms with Crippen molar-refractivity contribution in [3.8, 4) is 0 Å². The summed E-state index contributed by atoms with van der Waals surface area (Å²) >= 11 is 0. The molecule has 3 rings (SSSR count). The number of hydrogen-bond donors (Lipinski definition) is 2. The second-order valence-corrected chi connectivity index (χ2v) is 9.77. The highest BCUT2D eigenvalue weighted by molar-refractivity contribution is 5.99. The van der Waals surface area contributed by atoms with Crippen LogP contribution in [0.25, 0.3) is 0 Å². The molecule has 1 unspecified atom stereocenters. The Morgan fingerprint density at radius 3 is 2.45 bits per heavy atom. The van der Waals surface area contributed by atoms with Gasteiger partial charge in [0.25, 0.3) is 5.91 Å². The van der Waals surface area contributed by atoms with Crippen molar-refractivity contribution in [2.75, 3.05) is 31.2 Å². The Kier molecular flexibility index (Phi) is 9.30. The number of benzene rings is 1. The first-order valence-corrected chi connectivity index (χ1v) is 12.5. The zero-order valence-electron chi connectivity index (χ0n) is 20.3. The fourth-order valence-corrected chi connectivity index (χ4v) is 4.75. The third-order valence-electron chi connectivity index (χ3n) is 6.53. The summed E-state index contributed by atoms with van der Waals surface area (Å²) in [5, 5.41) is 5.84. The third-order valence-corrected chi connectivity index (χ3v) is 6.53. The number of amides is 2. The molecule has 2 N–H and O–H groups in total. The molecular weight excluding hydrogens is 418 g/mol. The zero-order valence-corrected chi connectivity index (χ0v) is 20.3. The van der Waals surface area contributed by atoms with Crippen LogP contribution in [0.1, 0.15) is 69.7 Å². The van der Waals surface area contributed by atoms with Gasteiger partial charge >= 0.3 is 0 Å². The normalized spacial score (nSPS) is 22.2. The summed E-state index contributed by atoms with van der Waals surface area (Å²) in [5.74, 6) is -0.499. The molecule has 3 atom stereocenters. The maximum absolute atomic E-state index is 13.1. The van der Waals surface area contributed by atoms with E-state index in [2.05, 4.69) is 22.5 Å². The fraction of sp³-hybridized carbons (Fsp3) is 0.654. The standard InChI is InChI=1S/C26H39N3O4/c1-4-8-20-16-33-17-23(30)24(20)28-26(32)22(15-18(2)3)27-25(31)19-9-11-21(12-10-19)29-13-6-5-7-14-29/h9-12,18,20,22,24H,4-8,13-17H2,1-3H3,(H,27,31)(H,28,32)/t20?,22-,24-/m0/s1. The van der Waals surface area contributed by atoms with Crippen molar-refractivity contribution >= 4 is 23.3 Å². The summed E-state index contributed by atoms with van der Waals surface area (Å²) in [6.07, 6.45) is 5.88. The molecule has 2 aliphatic heterocycles. The van der Waals surface area contributed by atoms with Crippen molar-refractivity contribution < 1.29 is 19.1 Å². The SMILES string of the molecule is CCCC1COCC(=O)[C@H]1NC(=O)[C@H](CC(C)C)NC(=O)c1ccc(N2CCCCC2)cc1. The number of anilines is 1. The first kappa shape index (κ1) is 25.2. The smallest absolute Gasteiger partial charge is 0.251 e. The Morgan fingerprint density at radius 1 is 1.12 bits per heavy atom. The lowest BCUT2D eigenvalue weighted by Gasteiger charge is -2.32. The van der Waals surface area contributed by atoms with E-state index in [1.807, 2.05) is 38.1 Å². The highest BCUT2D eigenvalue weighted by Crippen LogP contribution is 2.21. The molecule has 0 saturated carbocycles. The molecule has 7 heteroatoms. The average molecular weight is 458 g/mol. The van der Waals surface area contributed by atoms with Gasteiger partial charge in [0.2, 0.25) is 5.91 Å². The van der Waals surface area contributed by atoms with Crippen LogP contribution < -0.4 is 15.5 Å². The predicted octanol–water partition coefficient (Wildman–Crippen LogP) is 3.32. The summed E-state index contributed by atoms with van der Waals surface area (Å²) in [6, 6.07) is 6.35. The predicted molar refractivity (Wildman–Crippen MR) is 129 cm³/mol. The lowest BCUT2D eigenvalue weighted by molar-refractivity contribution is -0.138. The minimum atomic E-state index is -0.697. The van der Waals surface area contributed by atoms with Gasteiger partial charge in [0, 0.05) is 30.3 Å². The summed E-state index contributed by atoms with van der Waals surface area (Å²) in [5.41, 5.74) is 1.66. The molecule has 1 aromatic carbocycles. The monoisotopic (exact) mass is 457 g/mol. The number of hydrogen-bond acceptors (Lipinski definition) is 5. The number of piperidine rings is 1. The van der Waals surface area contributed by atoms with Crippen molar-refractivity contribution in [3.05, 3.63) is 29.8 Å². The third kappa shape index (κ3) is 7.03. The van der Waals surface area contributed by atoms with Crippen LogP contribution in [0, 0.1) is 11.8 Å². The van der Waals surface area contributed by atoms with Gasteiger partial charge in [-0.25, -0.2) is 0 Å². The van der Waals surface area contributed by atoms with Crippen molar-refractivity contribution in [1.29, 1.82) is 0 Å². The van der Waals surface area contributed by atoms with Crippen molar-refractivity contribution in [2.24, 2.45) is 11.8 Å². The van der Waals surface area contributed by atoms with E-state index in [-0.39, 0.29) is 36.0 Å². The first-order chi connectivity index (χ1) is 15.9. The number of carbonyl (C=O) groups is 3. The molecule has 2 amide bonds. The van der Waals surface area contributed by atoms with Gasteiger partial charge in [-0.15, -0.1) is 0 Å². The van der Waals surface area contributed by atoms with E-state index in [4.69, 9.17) is 4.74 Å². The molecule has 1 aromatic rings. The molecule has 2 saturated heterocycles. The number of ketones is 1. The van der Waals surface area contributed by atoms with Crippen LogP contribution in [0.4, 0.5) is 5.69 Å². The Bertz CT molecular complexity index is 800. The van der Waals surface area contributed by atoms with Gasteiger partial charge in [0.15, 0.2) is 5.78 Å². The molecule has 182 valence electrons. The summed E-state index contributed by atoms with van der Waals surface area (Å²) in [6.45, 7) is 8.66. The first-order valence-electron chi connectivity index (χ1n) is 12.5. The van der Waals surface area contributed by atoms with E-state index in [0.29, 0.717) is 18.6 Å². The van der Waals surface area contributed by atoms with Gasteiger partial charge in [-0.1, -0.05) is 27.2 Å². The number of nitrogens with zero attached hydrogens (tertiary/aromatic N) is 1. The Morgan fingerprint density at radius 2 is 1.82 bits per heavy atom. The number of Topliss-reactive ketones (excluding diaryl/α,β-unsaturated/α-hetero) is 1. The quantitative estimate of drug-likeness (QED) is 0.594. The lowest BCUT2D eigenvalue weighted by Crippen LogP contribution is -2.57. The topological polar surface area (TPSA) is 87.7 Å². The van der Waals surface area contributed by atoms with E-state index in [1.54, 1.807) is 0 Å². The molecule has 7 nitrogen and oxygen atoms in total. The Hall–Kier alpha value is -2.41. The van der Waals surface area contributed by atoms with Crippen LogP contribution in [-0.4, -0.2) is 56.0 Å². The van der Waals surface area contributed by atoms with E-state index in [9.17, 15) is 14.4 Å². The average Bonchev–Trinajstić information content (AvgIpc) is 2.81. The van der Waals surface area contributed by atoms with Crippen molar-refractivity contribution in [3.63, 3.8) is 0 Å². The summed E-state index contributed by atoms with van der Waals surface area (Å²) in [7, 11) is 0. The van der Waals surface area contributed by atoms with Gasteiger partial charge in [-0.3, -0.25) is 14.4 Å². The summed E-state index contributed by atoms with van der Waals surface area (Å²) in [4.78, 5) is 40.9. The molecule has 33 heavy (non-hydrogen) atoms. The summed E-state index contributed by atoms with van der Waals surface area (Å²) < 4.78 is 5.39. The highest BCUT2D eigenvalue weighted by atomic mass is 16.5. The molecular formula is C26H39N3O4. The maximum atomic E-state index is 13.1. The number of rotatable bonds is 9. The highest BCUT2D eigenvalue weighted by Gasteiger charge is 2.35. The zero-order chi connectivity index (χ0) is 23.8. The van der Waals surface area contributed by atoms with E-state index in [1.165, 1.54) is 19.3 Å². The lowest BCUT2D eigenvalue weighted by atomic mass is 9.90. The van der Waals surface area contributed by atoms with Crippen LogP contribution in [-0.2, 0) is 14.3 Å². The van der Waals surface area contributed by atoms with Crippen molar-refractivity contribution in [2.45, 2.75) is 71.4 Å². The number of ether oxygens (including phenoxy) is 1. The van der Waals surface area contributed by atoms with E-state index >= 15 is 0 Å². The molecule has 0 radical (unpaired) electrons. The van der Waals surface area contributed by atoms with Gasteiger partial charge in [0.1, 0.15) is 12.6 Å². The maximum Gasteiger partial charge on any atom is 0.251 e. The molecule has 0 aliphatic carbocycles. The molecule has 0 spiro atoms. The van der Waals surface area contributed by atoms with E-state index < -0.39 is 12.1 Å². The van der Waals surface area contributed by atoms with Gasteiger partial charge in [-0.05, 0) is 62.3 Å². The van der Waals surface area contributed by atoms with Crippen LogP contribution >= 0.6 is 0 Å². The molecule has 0 bridgehead atoms. The van der Waals surface area contributed by atoms with Crippen LogP contribution in [0.2, 0.25) is 0 Å². The molecule has 2 aliphatic rings. The van der Waals surface area contributed by atoms with Crippen molar-refractivity contribution in [1.82, 2.24) is 10.6 Å². The van der Waals surface area contributed by atoms with Gasteiger partial charge < -0.3 is 20.3 Å². The fourth-order valence-electron chi connectivity index (χ4n) is 4.75. The number of nitrogens with one attached hydrogen (secondary N) is 2. The number of carbonyl (C=O) groups excluding carboxylic acids is 3. The second kappa shape index (κ2) is 12.2. The minimum Gasteiger partial charge on any atom is -0.373 e. The largest absolute Gasteiger partial charge is 0.373 e. The minimum absolute atomic E-state index is 0.0235. The van der Waals surface area contributed by atoms with Crippen LogP contribution in [0.5, 0.6) is 0 Å². The van der Waals surface area contributed by atoms with Crippen LogP contribution in [0.15, 0.2) is 24.3 Å². The Balaban J connectivity index is 1.65. The van der Waals surface area contributed by atoms with Gasteiger partial charge in [-0.2, -0.15) is 0 Å². The molecule has 0 aromatic heterocycles. The molecule has 2 heterocycles.